The maximum Gasteiger partial charge on any atom is 0.427 e. The second-order valence-electron chi connectivity index (χ2n) is 29.3. The first-order valence-corrected chi connectivity index (χ1v) is 34.0. The van der Waals surface area contributed by atoms with Gasteiger partial charge in [0.05, 0.1) is 41.5 Å². The molecule has 22 nitrogen and oxygen atoms in total. The molecule has 3 aromatic carbocycles. The van der Waals surface area contributed by atoms with Gasteiger partial charge in [0.25, 0.3) is 0 Å². The fourth-order valence-corrected chi connectivity index (χ4v) is 11.4. The van der Waals surface area contributed by atoms with Gasteiger partial charge in [-0.2, -0.15) is 12.7 Å². The lowest BCUT2D eigenvalue weighted by molar-refractivity contribution is -0.160. The smallest absolute Gasteiger partial charge is 0.427 e. The summed E-state index contributed by atoms with van der Waals surface area (Å²) >= 11 is 0. The Morgan fingerprint density at radius 3 is 1.09 bits per heavy atom. The van der Waals surface area contributed by atoms with Crippen molar-refractivity contribution in [2.24, 2.45) is 62.9 Å². The highest BCUT2D eigenvalue weighted by atomic mass is 32.2. The first kappa shape index (κ1) is 92.4. The van der Waals surface area contributed by atoms with Gasteiger partial charge < -0.3 is 55.3 Å². The molecule has 1 aliphatic rings. The van der Waals surface area contributed by atoms with Gasteiger partial charge in [-0.15, -0.1) is 0 Å². The van der Waals surface area contributed by atoms with Crippen LogP contribution in [-0.2, 0) is 82.0 Å². The summed E-state index contributed by atoms with van der Waals surface area (Å²) in [6, 6.07) is 27.9. The Labute approximate surface area is 575 Å². The summed E-state index contributed by atoms with van der Waals surface area (Å²) in [5, 5.41) is 52.9. The highest BCUT2D eigenvalue weighted by Gasteiger charge is 2.61. The maximum absolute atomic E-state index is 13.1. The number of esters is 3. The van der Waals surface area contributed by atoms with Crippen LogP contribution in [-0.4, -0.2) is 142 Å². The molecule has 0 bridgehead atoms. The van der Waals surface area contributed by atoms with Crippen molar-refractivity contribution in [3.8, 4) is 0 Å². The van der Waals surface area contributed by atoms with E-state index in [0.717, 1.165) is 16.7 Å². The number of hydrogen-bond donors (Lipinski definition) is 7. The van der Waals surface area contributed by atoms with Crippen LogP contribution in [0.4, 0.5) is 13.6 Å². The Balaban J connectivity index is 0. The van der Waals surface area contributed by atoms with Crippen LogP contribution in [0.3, 0.4) is 0 Å². The fourth-order valence-electron chi connectivity index (χ4n) is 10.1. The molecule has 0 aliphatic carbocycles. The number of nitrogens with two attached hydrogens (primary N) is 1. The van der Waals surface area contributed by atoms with E-state index in [1.807, 2.05) is 150 Å². The van der Waals surface area contributed by atoms with Crippen LogP contribution < -0.4 is 5.73 Å². The quantitative estimate of drug-likeness (QED) is 0.0251. The van der Waals surface area contributed by atoms with E-state index in [1.165, 1.54) is 6.92 Å². The summed E-state index contributed by atoms with van der Waals surface area (Å²) in [6.07, 6.45) is 1.19. The molecular weight excluding hydrogens is 1280 g/mol. The Morgan fingerprint density at radius 1 is 0.495 bits per heavy atom. The monoisotopic (exact) mass is 1400 g/mol. The van der Waals surface area contributed by atoms with Crippen LogP contribution in [0.2, 0.25) is 0 Å². The first-order valence-electron chi connectivity index (χ1n) is 32.6. The van der Waals surface area contributed by atoms with E-state index >= 15 is 0 Å². The molecule has 0 saturated carbocycles. The second-order valence-corrected chi connectivity index (χ2v) is 30.8. The van der Waals surface area contributed by atoms with Crippen LogP contribution in [0.15, 0.2) is 91.0 Å². The average Bonchev–Trinajstić information content (AvgIpc) is 1.60. The molecule has 6 unspecified atom stereocenters. The van der Waals surface area contributed by atoms with Gasteiger partial charge in [-0.05, 0) is 139 Å². The van der Waals surface area contributed by atoms with Crippen molar-refractivity contribution in [1.82, 2.24) is 4.31 Å². The predicted octanol–water partition coefficient (Wildman–Crippen LogP) is 12.6. The number of rotatable bonds is 29. The summed E-state index contributed by atoms with van der Waals surface area (Å²) < 4.78 is 76.7. The summed E-state index contributed by atoms with van der Waals surface area (Å²) in [5.41, 5.74) is -0.213. The molecule has 1 amide bonds. The molecule has 8 N–H and O–H groups in total. The van der Waals surface area contributed by atoms with Gasteiger partial charge in [-0.1, -0.05) is 174 Å². The van der Waals surface area contributed by atoms with Crippen molar-refractivity contribution in [3.05, 3.63) is 108 Å². The number of benzene rings is 3. The standard InChI is InChI=1S/C19H27NO7S.C15H21FO2.C15H22O3.C8H15FO2.C8H16O3.C7H15NO3/c1-14(2)11-19(16(21)25-12-15-9-7-6-8-10-15)13-26-28(23,24)20(19)17(22)27-18(3,4)5;2*1-12(2)9-15(3,11-16)14(17)18-10-13-7-5-4-6-8-13;2*1-6(2)4-8(3,5-9)7(10)11;1-5(2)3-7(8,4-9)6(10)11/h6-10,14H,11-13H2,1-5H3;4-8,12H,9-11H2,1-3H3;4-8,12,16H,9-11H2,1-3H3;6H,4-5H2,1-3H3,(H,10,11);6,9H,4-5H2,1-3H3,(H,10,11);5,9H,3-4,8H2,1-2H3,(H,10,11). The summed E-state index contributed by atoms with van der Waals surface area (Å²) in [6.45, 7) is 31.6. The van der Waals surface area contributed by atoms with E-state index < -0.39 is 111 Å². The third-order valence-electron chi connectivity index (χ3n) is 14.6. The van der Waals surface area contributed by atoms with Gasteiger partial charge >= 0.3 is 52.2 Å². The van der Waals surface area contributed by atoms with Crippen molar-refractivity contribution in [1.29, 1.82) is 0 Å². The molecule has 97 heavy (non-hydrogen) atoms. The van der Waals surface area contributed by atoms with Crippen LogP contribution in [0, 0.1) is 57.2 Å². The SMILES string of the molecule is CC(C)CC(C)(CF)C(=O)O.CC(C)CC(C)(CF)C(=O)OCc1ccccc1.CC(C)CC(C)(CO)C(=O)O.CC(C)CC(C)(CO)C(=O)OCc1ccccc1.CC(C)CC(N)(CO)C(=O)O.CC(C)CC1(C(=O)OCc2ccccc2)COS(=O)(=O)N1C(=O)OC(C)(C)C. The minimum Gasteiger partial charge on any atom is -0.481 e. The Kier molecular flexibility index (Phi) is 41.0. The van der Waals surface area contributed by atoms with E-state index in [0.29, 0.717) is 48.2 Å². The predicted molar refractivity (Wildman–Crippen MR) is 367 cm³/mol. The number of amides is 1. The largest absolute Gasteiger partial charge is 0.481 e. The minimum atomic E-state index is -4.48. The zero-order valence-electron chi connectivity index (χ0n) is 60.8. The number of ether oxygens (including phenoxy) is 4. The van der Waals surface area contributed by atoms with E-state index in [9.17, 15) is 55.9 Å². The number of halogens is 2. The molecule has 0 spiro atoms. The van der Waals surface area contributed by atoms with Gasteiger partial charge in [0, 0.05) is 0 Å². The number of alkyl halides is 2. The van der Waals surface area contributed by atoms with Crippen molar-refractivity contribution in [3.63, 3.8) is 0 Å². The number of aliphatic hydroxyl groups excluding tert-OH is 3. The average molecular weight is 1400 g/mol. The second kappa shape index (κ2) is 43.0. The molecule has 3 aromatic rings. The van der Waals surface area contributed by atoms with E-state index in [2.05, 4.69) is 0 Å². The zero-order valence-corrected chi connectivity index (χ0v) is 61.6. The lowest BCUT2D eigenvalue weighted by Gasteiger charge is -2.34. The van der Waals surface area contributed by atoms with Gasteiger partial charge in [-0.3, -0.25) is 28.2 Å². The van der Waals surface area contributed by atoms with Gasteiger partial charge in [0.15, 0.2) is 5.54 Å². The number of carboxylic acid groups (broad SMARTS) is 3. The van der Waals surface area contributed by atoms with Gasteiger partial charge in [0.2, 0.25) is 0 Å². The molecule has 1 saturated heterocycles. The lowest BCUT2D eigenvalue weighted by atomic mass is 9.83. The normalized spacial score (nSPS) is 17.1. The number of nitrogens with zero attached hydrogens (tertiary/aromatic N) is 1. The molecule has 4 rings (SSSR count). The molecule has 1 heterocycles. The molecule has 0 radical (unpaired) electrons. The maximum atomic E-state index is 13.1. The summed E-state index contributed by atoms with van der Waals surface area (Å²) in [7, 11) is -4.48. The first-order chi connectivity index (χ1) is 44.6. The molecule has 25 heteroatoms. The number of carbonyl (C=O) groups excluding carboxylic acids is 4. The number of hydrogen-bond acceptors (Lipinski definition) is 18. The minimum absolute atomic E-state index is 0.0408. The van der Waals surface area contributed by atoms with Crippen molar-refractivity contribution < 1.29 is 105 Å². The number of aliphatic hydroxyl groups is 3. The number of carboxylic acids is 3. The summed E-state index contributed by atoms with van der Waals surface area (Å²) in [5.74, 6) is -3.59. The van der Waals surface area contributed by atoms with Crippen LogP contribution >= 0.6 is 0 Å². The highest BCUT2D eigenvalue weighted by Crippen LogP contribution is 2.38. The molecule has 1 fully saturated rings. The Hall–Kier alpha value is -6.64. The zero-order chi connectivity index (χ0) is 75.6. The Morgan fingerprint density at radius 2 is 0.825 bits per heavy atom. The number of aliphatic carboxylic acids is 3. The van der Waals surface area contributed by atoms with Crippen molar-refractivity contribution in [2.45, 2.75) is 207 Å². The van der Waals surface area contributed by atoms with E-state index in [4.69, 9.17) is 54.4 Å². The molecule has 0 aromatic heterocycles. The van der Waals surface area contributed by atoms with Gasteiger partial charge in [0.1, 0.15) is 50.9 Å². The van der Waals surface area contributed by atoms with Crippen molar-refractivity contribution >= 4 is 52.2 Å². The molecule has 1 aliphatic heterocycles. The van der Waals surface area contributed by atoms with Gasteiger partial charge in [-0.25, -0.2) is 18.4 Å². The Bertz CT molecular complexity index is 2780. The van der Waals surface area contributed by atoms with Crippen LogP contribution in [0.25, 0.3) is 0 Å². The molecular formula is C72H116F2N2O20S. The third kappa shape index (κ3) is 34.1. The number of carbonyl (C=O) groups is 7. The fraction of sp³-hybridized carbons (Fsp3) is 0.653. The van der Waals surface area contributed by atoms with E-state index in [-0.39, 0.29) is 69.1 Å². The highest BCUT2D eigenvalue weighted by molar-refractivity contribution is 7.85. The van der Waals surface area contributed by atoms with Crippen LogP contribution in [0.1, 0.15) is 187 Å². The van der Waals surface area contributed by atoms with Crippen LogP contribution in [0.5, 0.6) is 0 Å². The lowest BCUT2D eigenvalue weighted by Crippen LogP contribution is -2.58. The van der Waals surface area contributed by atoms with E-state index in [1.54, 1.807) is 65.8 Å². The van der Waals surface area contributed by atoms with Crippen molar-refractivity contribution in [2.75, 3.05) is 39.8 Å². The third-order valence-corrected chi connectivity index (χ3v) is 16.0. The molecule has 6 atom stereocenters. The molecule has 554 valence electrons. The summed E-state index contributed by atoms with van der Waals surface area (Å²) in [4.78, 5) is 81.4. The topological polar surface area (TPSA) is 350 Å².